The molecule has 0 atom stereocenters. The SMILES string of the molecule is [C-]#[N+]/C(=C/c1cnc[nH]1)C(=O)NCc1cccc(CNC(=O)/C(C#N)=C\c2cnc[nH]2)c1. The van der Waals surface area contributed by atoms with E-state index in [-0.39, 0.29) is 24.4 Å². The molecule has 0 aliphatic rings. The van der Waals surface area contributed by atoms with Crippen molar-refractivity contribution in [1.82, 2.24) is 30.6 Å². The smallest absolute Gasteiger partial charge is 0.262 e. The van der Waals surface area contributed by atoms with Crippen LogP contribution in [0.5, 0.6) is 0 Å². The van der Waals surface area contributed by atoms with E-state index in [4.69, 9.17) is 6.57 Å². The first-order valence-electron chi connectivity index (χ1n) is 9.41. The molecule has 0 fully saturated rings. The van der Waals surface area contributed by atoms with Crippen LogP contribution in [0.25, 0.3) is 17.0 Å². The van der Waals surface area contributed by atoms with Gasteiger partial charge < -0.3 is 20.6 Å². The van der Waals surface area contributed by atoms with E-state index in [1.807, 2.05) is 24.3 Å². The second-order valence-electron chi connectivity index (χ2n) is 6.51. The summed E-state index contributed by atoms with van der Waals surface area (Å²) in [4.78, 5) is 41.1. The molecule has 0 saturated carbocycles. The quantitative estimate of drug-likeness (QED) is 0.247. The Morgan fingerprint density at radius 3 is 2.16 bits per heavy atom. The molecule has 0 aliphatic carbocycles. The van der Waals surface area contributed by atoms with Gasteiger partial charge in [-0.25, -0.2) is 14.8 Å². The van der Waals surface area contributed by atoms with Crippen LogP contribution in [-0.2, 0) is 22.7 Å². The van der Waals surface area contributed by atoms with Gasteiger partial charge in [-0.05, 0) is 23.3 Å². The van der Waals surface area contributed by atoms with E-state index < -0.39 is 11.8 Å². The van der Waals surface area contributed by atoms with E-state index in [0.717, 1.165) is 11.1 Å². The molecule has 2 heterocycles. The molecule has 32 heavy (non-hydrogen) atoms. The van der Waals surface area contributed by atoms with Crippen LogP contribution in [0.4, 0.5) is 0 Å². The Morgan fingerprint density at radius 1 is 1.03 bits per heavy atom. The van der Waals surface area contributed by atoms with Gasteiger partial charge in [0.05, 0.1) is 37.3 Å². The number of nitrogens with zero attached hydrogens (tertiary/aromatic N) is 4. The molecule has 3 aromatic rings. The lowest BCUT2D eigenvalue weighted by atomic mass is 10.1. The Bertz CT molecular complexity index is 1130. The van der Waals surface area contributed by atoms with Crippen LogP contribution < -0.4 is 10.6 Å². The molecule has 2 amide bonds. The Kier molecular flexibility index (Phi) is 7.28. The number of rotatable bonds is 8. The Hall–Kier alpha value is -4.96. The summed E-state index contributed by atoms with van der Waals surface area (Å²) >= 11 is 0. The lowest BCUT2D eigenvalue weighted by Crippen LogP contribution is -2.25. The van der Waals surface area contributed by atoms with Crippen LogP contribution in [0.15, 0.2) is 60.6 Å². The molecule has 10 nitrogen and oxygen atoms in total. The van der Waals surface area contributed by atoms with Gasteiger partial charge in [-0.15, -0.1) is 0 Å². The maximum Gasteiger partial charge on any atom is 0.262 e. The fraction of sp³-hybridized carbons (Fsp3) is 0.0909. The highest BCUT2D eigenvalue weighted by molar-refractivity contribution is 6.01. The van der Waals surface area contributed by atoms with Crippen molar-refractivity contribution in [1.29, 1.82) is 5.26 Å². The summed E-state index contributed by atoms with van der Waals surface area (Å²) in [6.45, 7) is 7.62. The summed E-state index contributed by atoms with van der Waals surface area (Å²) in [6.07, 6.45) is 8.77. The highest BCUT2D eigenvalue weighted by Crippen LogP contribution is 2.09. The normalized spacial score (nSPS) is 11.3. The maximum atomic E-state index is 12.3. The van der Waals surface area contributed by atoms with Crippen LogP contribution in [0.1, 0.15) is 22.5 Å². The van der Waals surface area contributed by atoms with E-state index in [9.17, 15) is 14.9 Å². The number of hydrogen-bond acceptors (Lipinski definition) is 5. The number of aromatic amines is 2. The zero-order valence-electron chi connectivity index (χ0n) is 16.8. The molecule has 158 valence electrons. The molecule has 0 spiro atoms. The van der Waals surface area contributed by atoms with Crippen molar-refractivity contribution in [3.63, 3.8) is 0 Å². The molecule has 4 N–H and O–H groups in total. The number of aromatic nitrogens is 4. The van der Waals surface area contributed by atoms with Crippen LogP contribution in [0.3, 0.4) is 0 Å². The third-order valence-corrected chi connectivity index (χ3v) is 4.25. The lowest BCUT2D eigenvalue weighted by Gasteiger charge is -2.08. The molecule has 1 aromatic carbocycles. The second kappa shape index (κ2) is 10.7. The van der Waals surface area contributed by atoms with Gasteiger partial charge in [0.2, 0.25) is 0 Å². The average Bonchev–Trinajstić information content (AvgIpc) is 3.52. The first kappa shape index (κ1) is 21.7. The number of benzene rings is 1. The number of carbonyl (C=O) groups excluding carboxylic acids is 2. The van der Waals surface area contributed by atoms with Crippen molar-refractivity contribution in [2.24, 2.45) is 0 Å². The molecule has 10 heteroatoms. The highest BCUT2D eigenvalue weighted by atomic mass is 16.2. The molecule has 2 aromatic heterocycles. The van der Waals surface area contributed by atoms with Crippen LogP contribution in [-0.4, -0.2) is 31.8 Å². The Morgan fingerprint density at radius 2 is 1.62 bits per heavy atom. The van der Waals surface area contributed by atoms with Crippen LogP contribution >= 0.6 is 0 Å². The van der Waals surface area contributed by atoms with Crippen LogP contribution in [0, 0.1) is 17.9 Å². The van der Waals surface area contributed by atoms with E-state index in [1.54, 1.807) is 6.07 Å². The molecule has 0 saturated heterocycles. The first-order valence-corrected chi connectivity index (χ1v) is 9.41. The summed E-state index contributed by atoms with van der Waals surface area (Å²) in [5.74, 6) is -1.01. The van der Waals surface area contributed by atoms with Crippen molar-refractivity contribution in [3.8, 4) is 6.07 Å². The van der Waals surface area contributed by atoms with Gasteiger partial charge in [-0.1, -0.05) is 24.3 Å². The van der Waals surface area contributed by atoms with Gasteiger partial charge in [0.1, 0.15) is 11.6 Å². The summed E-state index contributed by atoms with van der Waals surface area (Å²) in [5, 5.41) is 14.6. The number of nitriles is 1. The Balaban J connectivity index is 1.57. The molecule has 3 rings (SSSR count). The van der Waals surface area contributed by atoms with Gasteiger partial charge in [-0.3, -0.25) is 9.59 Å². The van der Waals surface area contributed by atoms with E-state index >= 15 is 0 Å². The van der Waals surface area contributed by atoms with Crippen LogP contribution in [0.2, 0.25) is 0 Å². The third-order valence-electron chi connectivity index (χ3n) is 4.25. The first-order chi connectivity index (χ1) is 15.6. The molecular weight excluding hydrogens is 408 g/mol. The highest BCUT2D eigenvalue weighted by Gasteiger charge is 2.11. The summed E-state index contributed by atoms with van der Waals surface area (Å²) < 4.78 is 0. The van der Waals surface area contributed by atoms with Gasteiger partial charge in [0, 0.05) is 18.8 Å². The third kappa shape index (κ3) is 6.02. The largest absolute Gasteiger partial charge is 0.357 e. The fourth-order valence-corrected chi connectivity index (χ4v) is 2.69. The average molecular weight is 426 g/mol. The zero-order chi connectivity index (χ0) is 22.8. The van der Waals surface area contributed by atoms with Crippen molar-refractivity contribution in [2.45, 2.75) is 13.1 Å². The summed E-state index contributed by atoms with van der Waals surface area (Å²) in [6, 6.07) is 9.13. The van der Waals surface area contributed by atoms with Gasteiger partial charge in [-0.2, -0.15) is 5.26 Å². The summed E-state index contributed by atoms with van der Waals surface area (Å²) in [5.41, 5.74) is 2.59. The molecule has 0 radical (unpaired) electrons. The topological polar surface area (TPSA) is 144 Å². The number of amides is 2. The van der Waals surface area contributed by atoms with E-state index in [1.165, 1.54) is 37.2 Å². The van der Waals surface area contributed by atoms with Gasteiger partial charge in [0.15, 0.2) is 0 Å². The predicted octanol–water partition coefficient (Wildman–Crippen LogP) is 1.93. The molecule has 0 unspecified atom stereocenters. The number of H-pyrrole nitrogens is 2. The van der Waals surface area contributed by atoms with E-state index in [2.05, 4.69) is 35.4 Å². The number of hydrogen-bond donors (Lipinski definition) is 4. The predicted molar refractivity (Wildman–Crippen MR) is 115 cm³/mol. The minimum absolute atomic E-state index is 0.0478. The second-order valence-corrected chi connectivity index (χ2v) is 6.51. The standard InChI is InChI=1S/C22H18N8O2/c1-24-20(7-19-12-26-14-30-19)22(32)28-10-16-4-2-3-15(5-16)9-27-21(31)17(8-23)6-18-11-25-13-29-18/h2-7,11-14H,9-10H2,(H,25,29)(H,26,30)(H,27,31)(H,28,32)/b17-6-,20-7+. The fourth-order valence-electron chi connectivity index (χ4n) is 2.69. The molecular formula is C22H18N8O2. The van der Waals surface area contributed by atoms with Crippen molar-refractivity contribution in [3.05, 3.63) is 94.5 Å². The monoisotopic (exact) mass is 426 g/mol. The minimum atomic E-state index is -0.508. The minimum Gasteiger partial charge on any atom is -0.357 e. The number of carbonyl (C=O) groups is 2. The molecule has 0 aliphatic heterocycles. The van der Waals surface area contributed by atoms with E-state index in [0.29, 0.717) is 11.4 Å². The lowest BCUT2D eigenvalue weighted by molar-refractivity contribution is -0.118. The number of imidazole rings is 2. The summed E-state index contributed by atoms with van der Waals surface area (Å²) in [7, 11) is 0. The van der Waals surface area contributed by atoms with Gasteiger partial charge in [0.25, 0.3) is 17.5 Å². The van der Waals surface area contributed by atoms with Crippen molar-refractivity contribution >= 4 is 24.0 Å². The zero-order valence-corrected chi connectivity index (χ0v) is 16.8. The van der Waals surface area contributed by atoms with Crippen molar-refractivity contribution in [2.75, 3.05) is 0 Å². The Labute approximate surface area is 183 Å². The molecule has 0 bridgehead atoms. The maximum absolute atomic E-state index is 12.3. The van der Waals surface area contributed by atoms with Crippen molar-refractivity contribution < 1.29 is 9.59 Å². The van der Waals surface area contributed by atoms with Gasteiger partial charge >= 0.3 is 0 Å². The number of nitrogens with one attached hydrogen (secondary N) is 4.